The van der Waals surface area contributed by atoms with Crippen molar-refractivity contribution in [3.8, 4) is 6.07 Å². The molecule has 19 heavy (non-hydrogen) atoms. The number of benzene rings is 2. The van der Waals surface area contributed by atoms with Gasteiger partial charge in [0.2, 0.25) is 0 Å². The molecule has 0 saturated carbocycles. The van der Waals surface area contributed by atoms with Crippen molar-refractivity contribution in [2.75, 3.05) is 11.4 Å². The molecule has 0 saturated heterocycles. The molecule has 0 unspecified atom stereocenters. The van der Waals surface area contributed by atoms with Crippen LogP contribution in [-0.4, -0.2) is 6.54 Å². The Hall–Kier alpha value is -2.34. The molecule has 0 fully saturated rings. The van der Waals surface area contributed by atoms with Crippen LogP contribution in [-0.2, 0) is 0 Å². The number of hydrogen-bond acceptors (Lipinski definition) is 2. The SMILES string of the molecule is CCN(c1cc(F)cc(C#N)c1)c1ccccc1C. The fraction of sp³-hybridized carbons (Fsp3) is 0.188. The van der Waals surface area contributed by atoms with Gasteiger partial charge in [0.05, 0.1) is 11.6 Å². The van der Waals surface area contributed by atoms with Crippen LogP contribution in [0.25, 0.3) is 0 Å². The van der Waals surface area contributed by atoms with Crippen molar-refractivity contribution in [3.63, 3.8) is 0 Å². The van der Waals surface area contributed by atoms with Gasteiger partial charge >= 0.3 is 0 Å². The third-order valence-corrected chi connectivity index (χ3v) is 3.05. The predicted molar refractivity (Wildman–Crippen MR) is 75.0 cm³/mol. The molecule has 0 aliphatic heterocycles. The Morgan fingerprint density at radius 1 is 1.21 bits per heavy atom. The van der Waals surface area contributed by atoms with E-state index in [1.165, 1.54) is 12.1 Å². The molecule has 0 atom stereocenters. The summed E-state index contributed by atoms with van der Waals surface area (Å²) >= 11 is 0. The van der Waals surface area contributed by atoms with Gasteiger partial charge in [-0.05, 0) is 43.7 Å². The minimum Gasteiger partial charge on any atom is -0.341 e. The quantitative estimate of drug-likeness (QED) is 0.822. The van der Waals surface area contributed by atoms with Gasteiger partial charge in [-0.25, -0.2) is 4.39 Å². The second-order valence-electron chi connectivity index (χ2n) is 4.34. The second kappa shape index (κ2) is 5.53. The fourth-order valence-corrected chi connectivity index (χ4v) is 2.15. The third-order valence-electron chi connectivity index (χ3n) is 3.05. The zero-order valence-corrected chi connectivity index (χ0v) is 11.0. The Labute approximate surface area is 112 Å². The number of anilines is 2. The molecule has 2 rings (SSSR count). The van der Waals surface area contributed by atoms with Crippen molar-refractivity contribution in [1.82, 2.24) is 0 Å². The average Bonchev–Trinajstić information content (AvgIpc) is 2.41. The number of rotatable bonds is 3. The van der Waals surface area contributed by atoms with Gasteiger partial charge in [-0.2, -0.15) is 5.26 Å². The lowest BCUT2D eigenvalue weighted by Crippen LogP contribution is -2.17. The molecule has 0 bridgehead atoms. The van der Waals surface area contributed by atoms with E-state index in [0.29, 0.717) is 17.8 Å². The highest BCUT2D eigenvalue weighted by Gasteiger charge is 2.11. The van der Waals surface area contributed by atoms with Gasteiger partial charge in [-0.3, -0.25) is 0 Å². The lowest BCUT2D eigenvalue weighted by molar-refractivity contribution is 0.627. The summed E-state index contributed by atoms with van der Waals surface area (Å²) in [4.78, 5) is 2.00. The molecule has 0 radical (unpaired) electrons. The summed E-state index contributed by atoms with van der Waals surface area (Å²) in [6.45, 7) is 4.73. The van der Waals surface area contributed by atoms with E-state index in [2.05, 4.69) is 0 Å². The van der Waals surface area contributed by atoms with E-state index in [9.17, 15) is 4.39 Å². The summed E-state index contributed by atoms with van der Waals surface area (Å²) in [5.41, 5.74) is 3.18. The van der Waals surface area contributed by atoms with Gasteiger partial charge in [0.15, 0.2) is 0 Å². The standard InChI is InChI=1S/C16H15FN2/c1-3-19(16-7-5-4-6-12(16)2)15-9-13(11-18)8-14(17)10-15/h4-10H,3H2,1-2H3. The van der Waals surface area contributed by atoms with Crippen LogP contribution in [0.5, 0.6) is 0 Å². The summed E-state index contributed by atoms with van der Waals surface area (Å²) in [5, 5.41) is 8.93. The minimum absolute atomic E-state index is 0.335. The highest BCUT2D eigenvalue weighted by Crippen LogP contribution is 2.29. The third kappa shape index (κ3) is 2.74. The van der Waals surface area contributed by atoms with Crippen LogP contribution < -0.4 is 4.90 Å². The fourth-order valence-electron chi connectivity index (χ4n) is 2.15. The van der Waals surface area contributed by atoms with Crippen LogP contribution in [0.4, 0.5) is 15.8 Å². The zero-order valence-electron chi connectivity index (χ0n) is 11.0. The molecule has 96 valence electrons. The van der Waals surface area contributed by atoms with Crippen LogP contribution in [0.3, 0.4) is 0 Å². The molecular formula is C16H15FN2. The van der Waals surface area contributed by atoms with Gasteiger partial charge < -0.3 is 4.90 Å². The van der Waals surface area contributed by atoms with E-state index >= 15 is 0 Å². The molecule has 3 heteroatoms. The molecule has 0 aliphatic carbocycles. The van der Waals surface area contributed by atoms with Crippen molar-refractivity contribution in [2.24, 2.45) is 0 Å². The van der Waals surface area contributed by atoms with Crippen LogP contribution in [0.1, 0.15) is 18.1 Å². The highest BCUT2D eigenvalue weighted by molar-refractivity contribution is 5.67. The van der Waals surface area contributed by atoms with E-state index in [1.807, 2.05) is 49.1 Å². The Morgan fingerprint density at radius 2 is 1.95 bits per heavy atom. The lowest BCUT2D eigenvalue weighted by Gasteiger charge is -2.25. The maximum atomic E-state index is 13.5. The van der Waals surface area contributed by atoms with Crippen LogP contribution in [0.2, 0.25) is 0 Å². The molecule has 0 amide bonds. The molecule has 2 nitrogen and oxygen atoms in total. The molecule has 0 N–H and O–H groups in total. The van der Waals surface area contributed by atoms with Gasteiger partial charge in [0.1, 0.15) is 5.82 Å². The predicted octanol–water partition coefficient (Wildman–Crippen LogP) is 4.16. The average molecular weight is 254 g/mol. The van der Waals surface area contributed by atoms with Gasteiger partial charge in [-0.15, -0.1) is 0 Å². The number of nitriles is 1. The molecule has 2 aromatic rings. The van der Waals surface area contributed by atoms with Crippen LogP contribution >= 0.6 is 0 Å². The van der Waals surface area contributed by atoms with E-state index < -0.39 is 0 Å². The smallest absolute Gasteiger partial charge is 0.126 e. The van der Waals surface area contributed by atoms with Crippen molar-refractivity contribution in [2.45, 2.75) is 13.8 Å². The molecular weight excluding hydrogens is 239 g/mol. The van der Waals surface area contributed by atoms with Gasteiger partial charge in [0.25, 0.3) is 0 Å². The summed E-state index contributed by atoms with van der Waals surface area (Å²) in [6.07, 6.45) is 0. The maximum absolute atomic E-state index is 13.5. The van der Waals surface area contributed by atoms with E-state index in [1.54, 1.807) is 6.07 Å². The van der Waals surface area contributed by atoms with Crippen molar-refractivity contribution in [1.29, 1.82) is 5.26 Å². The first kappa shape index (κ1) is 13.1. The Bertz CT molecular complexity index is 629. The number of halogens is 1. The highest BCUT2D eigenvalue weighted by atomic mass is 19.1. The monoisotopic (exact) mass is 254 g/mol. The van der Waals surface area contributed by atoms with Crippen molar-refractivity contribution in [3.05, 3.63) is 59.4 Å². The second-order valence-corrected chi connectivity index (χ2v) is 4.34. The largest absolute Gasteiger partial charge is 0.341 e. The molecule has 0 heterocycles. The Balaban J connectivity index is 2.52. The summed E-state index contributed by atoms with van der Waals surface area (Å²) in [7, 11) is 0. The van der Waals surface area contributed by atoms with Gasteiger partial charge in [-0.1, -0.05) is 18.2 Å². The first-order valence-corrected chi connectivity index (χ1v) is 6.19. The summed E-state index contributed by atoms with van der Waals surface area (Å²) < 4.78 is 13.5. The van der Waals surface area contributed by atoms with Crippen LogP contribution in [0.15, 0.2) is 42.5 Å². The molecule has 2 aromatic carbocycles. The molecule has 0 aliphatic rings. The molecule has 0 aromatic heterocycles. The first-order chi connectivity index (χ1) is 9.15. The number of hydrogen-bond donors (Lipinski definition) is 0. The summed E-state index contributed by atoms with van der Waals surface area (Å²) in [5.74, 6) is -0.388. The van der Waals surface area contributed by atoms with E-state index in [4.69, 9.17) is 5.26 Å². The molecule has 0 spiro atoms. The topological polar surface area (TPSA) is 27.0 Å². The van der Waals surface area contributed by atoms with E-state index in [-0.39, 0.29) is 5.82 Å². The minimum atomic E-state index is -0.388. The van der Waals surface area contributed by atoms with E-state index in [0.717, 1.165) is 11.3 Å². The first-order valence-electron chi connectivity index (χ1n) is 6.19. The van der Waals surface area contributed by atoms with Crippen molar-refractivity contribution < 1.29 is 4.39 Å². The normalized spacial score (nSPS) is 10.0. The Morgan fingerprint density at radius 3 is 2.58 bits per heavy atom. The Kier molecular flexibility index (Phi) is 3.82. The number of para-hydroxylation sites is 1. The number of aryl methyl sites for hydroxylation is 1. The van der Waals surface area contributed by atoms with Crippen molar-refractivity contribution >= 4 is 11.4 Å². The van der Waals surface area contributed by atoms with Crippen LogP contribution in [0, 0.1) is 24.1 Å². The summed E-state index contributed by atoms with van der Waals surface area (Å²) in [6, 6.07) is 14.3. The zero-order chi connectivity index (χ0) is 13.8. The number of nitrogens with zero attached hydrogens (tertiary/aromatic N) is 2. The lowest BCUT2D eigenvalue weighted by atomic mass is 10.1. The van der Waals surface area contributed by atoms with Gasteiger partial charge in [0, 0.05) is 17.9 Å². The maximum Gasteiger partial charge on any atom is 0.126 e.